The lowest BCUT2D eigenvalue weighted by atomic mass is 9.81. The van der Waals surface area contributed by atoms with Gasteiger partial charge in [-0.15, -0.1) is 0 Å². The van der Waals surface area contributed by atoms with Gasteiger partial charge in [0.1, 0.15) is 17.7 Å². The van der Waals surface area contributed by atoms with Gasteiger partial charge in [0.25, 0.3) is 5.78 Å². The summed E-state index contributed by atoms with van der Waals surface area (Å²) in [5.74, 6) is 2.05. The highest BCUT2D eigenvalue weighted by molar-refractivity contribution is 5.51. The highest BCUT2D eigenvalue weighted by Crippen LogP contribution is 2.42. The van der Waals surface area contributed by atoms with Gasteiger partial charge in [-0.25, -0.2) is 4.98 Å². The number of hydrogen-bond donors (Lipinski definition) is 0. The van der Waals surface area contributed by atoms with Crippen LogP contribution in [0, 0.1) is 12.8 Å². The van der Waals surface area contributed by atoms with Gasteiger partial charge in [0.05, 0.1) is 32.0 Å². The van der Waals surface area contributed by atoms with E-state index >= 15 is 0 Å². The fourth-order valence-corrected chi connectivity index (χ4v) is 4.06. The van der Waals surface area contributed by atoms with Crippen molar-refractivity contribution in [3.8, 4) is 0 Å². The maximum atomic E-state index is 6.17. The zero-order valence-corrected chi connectivity index (χ0v) is 15.3. The molecule has 0 amide bonds. The number of rotatable bonds is 5. The molecule has 0 N–H and O–H groups in total. The molecule has 2 aliphatic heterocycles. The summed E-state index contributed by atoms with van der Waals surface area (Å²) < 4.78 is 13.9. The van der Waals surface area contributed by atoms with E-state index in [2.05, 4.69) is 31.0 Å². The van der Waals surface area contributed by atoms with Crippen LogP contribution in [0.3, 0.4) is 0 Å². The Morgan fingerprint density at radius 2 is 2.22 bits per heavy atom. The minimum atomic E-state index is -0.131. The Morgan fingerprint density at radius 1 is 1.30 bits per heavy atom. The molecular weight excluding hydrogens is 344 g/mol. The molecule has 2 fully saturated rings. The first-order valence-electron chi connectivity index (χ1n) is 9.27. The van der Waals surface area contributed by atoms with Crippen LogP contribution in [0.2, 0.25) is 0 Å². The van der Waals surface area contributed by atoms with Gasteiger partial charge in [-0.1, -0.05) is 6.07 Å². The van der Waals surface area contributed by atoms with Crippen LogP contribution < -0.4 is 4.90 Å². The van der Waals surface area contributed by atoms with E-state index in [-0.39, 0.29) is 5.60 Å². The number of ether oxygens (including phenoxy) is 2. The Morgan fingerprint density at radius 3 is 3.07 bits per heavy atom. The zero-order chi connectivity index (χ0) is 18.3. The van der Waals surface area contributed by atoms with Crippen LogP contribution in [0.15, 0.2) is 36.8 Å². The predicted molar refractivity (Wildman–Crippen MR) is 98.4 cm³/mol. The summed E-state index contributed by atoms with van der Waals surface area (Å²) in [6.45, 7) is 5.68. The molecule has 3 aromatic heterocycles. The number of aromatic nitrogens is 5. The van der Waals surface area contributed by atoms with Crippen molar-refractivity contribution in [2.24, 2.45) is 5.92 Å². The summed E-state index contributed by atoms with van der Waals surface area (Å²) in [6, 6.07) is 7.94. The summed E-state index contributed by atoms with van der Waals surface area (Å²) in [7, 11) is 0. The normalized spacial score (nSPS) is 21.1. The monoisotopic (exact) mass is 366 g/mol. The molecule has 3 aromatic rings. The zero-order valence-electron chi connectivity index (χ0n) is 15.3. The van der Waals surface area contributed by atoms with E-state index in [1.54, 1.807) is 17.0 Å². The third-order valence-corrected chi connectivity index (χ3v) is 5.50. The second kappa shape index (κ2) is 6.54. The molecule has 0 bridgehead atoms. The number of fused-ring (bicyclic) bond motifs is 1. The molecule has 5 heterocycles. The number of aryl methyl sites for hydroxylation is 1. The maximum absolute atomic E-state index is 6.17. The molecular formula is C19H22N6O2. The third-order valence-electron chi connectivity index (χ3n) is 5.50. The molecule has 0 aromatic carbocycles. The first-order chi connectivity index (χ1) is 13.2. The average molecular weight is 366 g/mol. The maximum Gasteiger partial charge on any atom is 0.254 e. The van der Waals surface area contributed by atoms with Crippen molar-refractivity contribution in [2.75, 3.05) is 31.2 Å². The summed E-state index contributed by atoms with van der Waals surface area (Å²) in [5.41, 5.74) is 1.77. The molecule has 0 saturated carbocycles. The van der Waals surface area contributed by atoms with Crippen molar-refractivity contribution in [3.05, 3.63) is 48.2 Å². The van der Waals surface area contributed by atoms with Crippen molar-refractivity contribution in [3.63, 3.8) is 0 Å². The Hall–Kier alpha value is -2.58. The van der Waals surface area contributed by atoms with Crippen LogP contribution in [0.1, 0.15) is 17.8 Å². The van der Waals surface area contributed by atoms with E-state index in [4.69, 9.17) is 9.47 Å². The molecule has 5 rings (SSSR count). The van der Waals surface area contributed by atoms with Crippen molar-refractivity contribution in [2.45, 2.75) is 25.6 Å². The Kier molecular flexibility index (Phi) is 4.02. The number of hydrogen-bond acceptors (Lipinski definition) is 7. The molecule has 27 heavy (non-hydrogen) atoms. The molecule has 8 heteroatoms. The Bertz CT molecular complexity index is 938. The highest BCUT2D eigenvalue weighted by Gasteiger charge is 2.53. The summed E-state index contributed by atoms with van der Waals surface area (Å²) in [6.07, 6.45) is 4.37. The summed E-state index contributed by atoms with van der Waals surface area (Å²) >= 11 is 0. The van der Waals surface area contributed by atoms with Gasteiger partial charge in [0.15, 0.2) is 0 Å². The van der Waals surface area contributed by atoms with Crippen LogP contribution in [0.25, 0.3) is 5.78 Å². The van der Waals surface area contributed by atoms with E-state index < -0.39 is 0 Å². The van der Waals surface area contributed by atoms with E-state index in [0.29, 0.717) is 24.9 Å². The first kappa shape index (κ1) is 16.6. The standard InChI is InChI=1S/C19H22N6O2/c1-14-8-17(25-18(23-14)21-13-22-25)24-11-19(12-24)15(5-7-27-19)9-26-10-16-4-2-3-6-20-16/h2-4,6,8,13,15H,5,7,9-12H2,1H3/t15-/m1/s1. The van der Waals surface area contributed by atoms with E-state index in [1.165, 1.54) is 0 Å². The lowest BCUT2D eigenvalue weighted by molar-refractivity contribution is -0.0658. The number of nitrogens with zero attached hydrogens (tertiary/aromatic N) is 6. The molecule has 1 atom stereocenters. The molecule has 8 nitrogen and oxygen atoms in total. The van der Waals surface area contributed by atoms with Gasteiger partial charge < -0.3 is 14.4 Å². The average Bonchev–Trinajstić information content (AvgIpc) is 3.27. The minimum absolute atomic E-state index is 0.131. The van der Waals surface area contributed by atoms with Crippen LogP contribution >= 0.6 is 0 Å². The van der Waals surface area contributed by atoms with E-state index in [1.807, 2.05) is 25.1 Å². The van der Waals surface area contributed by atoms with E-state index in [9.17, 15) is 0 Å². The fourth-order valence-electron chi connectivity index (χ4n) is 4.06. The van der Waals surface area contributed by atoms with E-state index in [0.717, 1.165) is 43.3 Å². The van der Waals surface area contributed by atoms with Crippen LogP contribution in [-0.4, -0.2) is 56.5 Å². The van der Waals surface area contributed by atoms with Crippen molar-refractivity contribution in [1.82, 2.24) is 24.6 Å². The van der Waals surface area contributed by atoms with Gasteiger partial charge in [-0.2, -0.15) is 14.6 Å². The molecule has 0 unspecified atom stereocenters. The number of pyridine rings is 1. The molecule has 0 radical (unpaired) electrons. The second-order valence-electron chi connectivity index (χ2n) is 7.32. The van der Waals surface area contributed by atoms with Gasteiger partial charge in [-0.05, 0) is 25.5 Å². The number of anilines is 1. The van der Waals surface area contributed by atoms with Gasteiger partial charge in [0.2, 0.25) is 0 Å². The van der Waals surface area contributed by atoms with Crippen molar-refractivity contribution in [1.29, 1.82) is 0 Å². The molecule has 2 saturated heterocycles. The van der Waals surface area contributed by atoms with Crippen molar-refractivity contribution >= 4 is 11.6 Å². The lowest BCUT2D eigenvalue weighted by Gasteiger charge is -2.51. The second-order valence-corrected chi connectivity index (χ2v) is 7.32. The summed E-state index contributed by atoms with van der Waals surface area (Å²) in [5, 5.41) is 4.31. The van der Waals surface area contributed by atoms with Crippen molar-refractivity contribution < 1.29 is 9.47 Å². The topological polar surface area (TPSA) is 77.7 Å². The largest absolute Gasteiger partial charge is 0.375 e. The Balaban J connectivity index is 1.25. The predicted octanol–water partition coefficient (Wildman–Crippen LogP) is 1.64. The fraction of sp³-hybridized carbons (Fsp3) is 0.474. The van der Waals surface area contributed by atoms with Gasteiger partial charge in [-0.3, -0.25) is 4.98 Å². The first-order valence-corrected chi connectivity index (χ1v) is 9.27. The SMILES string of the molecule is Cc1cc(N2CC3(C2)OCC[C@@H]3COCc2ccccn2)n2ncnc2n1. The molecule has 1 spiro atoms. The van der Waals surface area contributed by atoms with Gasteiger partial charge >= 0.3 is 0 Å². The molecule has 2 aliphatic rings. The molecule has 140 valence electrons. The Labute approximate surface area is 157 Å². The van der Waals surface area contributed by atoms with Crippen LogP contribution in [-0.2, 0) is 16.1 Å². The quantitative estimate of drug-likeness (QED) is 0.679. The third kappa shape index (κ3) is 2.94. The minimum Gasteiger partial charge on any atom is -0.375 e. The van der Waals surface area contributed by atoms with Crippen LogP contribution in [0.5, 0.6) is 0 Å². The lowest BCUT2D eigenvalue weighted by Crippen LogP contribution is -2.66. The molecule has 0 aliphatic carbocycles. The summed E-state index contributed by atoms with van der Waals surface area (Å²) in [4.78, 5) is 15.2. The van der Waals surface area contributed by atoms with Gasteiger partial charge in [0, 0.05) is 30.5 Å². The highest BCUT2D eigenvalue weighted by atomic mass is 16.5. The van der Waals surface area contributed by atoms with Crippen LogP contribution in [0.4, 0.5) is 5.82 Å². The smallest absolute Gasteiger partial charge is 0.254 e.